The zero-order valence-electron chi connectivity index (χ0n) is 14.6. The van der Waals surface area contributed by atoms with E-state index in [1.54, 1.807) is 13.8 Å². The van der Waals surface area contributed by atoms with Gasteiger partial charge in [0.05, 0.1) is 18.3 Å². The van der Waals surface area contributed by atoms with Crippen molar-refractivity contribution in [2.75, 3.05) is 0 Å². The van der Waals surface area contributed by atoms with Crippen LogP contribution in [0.25, 0.3) is 0 Å². The molecule has 3 saturated carbocycles. The summed E-state index contributed by atoms with van der Waals surface area (Å²) >= 11 is 0. The SMILES string of the molecule is CC(C)(O)c1cn([C@@H]2CCCC[C@@H]2NC(=O)[C@@H]2C[C@@H]2C2CC2)nn1. The van der Waals surface area contributed by atoms with Crippen LogP contribution in [0.3, 0.4) is 0 Å². The molecule has 1 aromatic heterocycles. The van der Waals surface area contributed by atoms with Crippen LogP contribution in [-0.4, -0.2) is 32.0 Å². The minimum Gasteiger partial charge on any atom is -0.384 e. The third-order valence-corrected chi connectivity index (χ3v) is 5.94. The van der Waals surface area contributed by atoms with Crippen LogP contribution in [0.2, 0.25) is 0 Å². The number of hydrogen-bond donors (Lipinski definition) is 2. The van der Waals surface area contributed by atoms with Crippen molar-refractivity contribution in [1.29, 1.82) is 0 Å². The Morgan fingerprint density at radius 3 is 2.71 bits per heavy atom. The quantitative estimate of drug-likeness (QED) is 0.866. The van der Waals surface area contributed by atoms with Crippen molar-refractivity contribution in [2.24, 2.45) is 17.8 Å². The van der Waals surface area contributed by atoms with Gasteiger partial charge < -0.3 is 10.4 Å². The summed E-state index contributed by atoms with van der Waals surface area (Å²) in [4.78, 5) is 12.6. The first-order valence-corrected chi connectivity index (χ1v) is 9.38. The Morgan fingerprint density at radius 2 is 2.04 bits per heavy atom. The molecule has 2 N–H and O–H groups in total. The molecular weight excluding hydrogens is 304 g/mol. The van der Waals surface area contributed by atoms with Gasteiger partial charge in [0.25, 0.3) is 0 Å². The van der Waals surface area contributed by atoms with Gasteiger partial charge in [0.2, 0.25) is 5.91 Å². The molecule has 1 heterocycles. The Bertz CT molecular complexity index is 617. The number of aromatic nitrogens is 3. The van der Waals surface area contributed by atoms with E-state index in [4.69, 9.17) is 0 Å². The van der Waals surface area contributed by atoms with Gasteiger partial charge in [0.15, 0.2) is 0 Å². The molecule has 3 aliphatic carbocycles. The number of amides is 1. The summed E-state index contributed by atoms with van der Waals surface area (Å²) < 4.78 is 1.85. The highest BCUT2D eigenvalue weighted by atomic mass is 16.3. The van der Waals surface area contributed by atoms with Gasteiger partial charge in [-0.3, -0.25) is 4.79 Å². The predicted octanol–water partition coefficient (Wildman–Crippen LogP) is 2.15. The molecule has 0 spiro atoms. The van der Waals surface area contributed by atoms with Gasteiger partial charge in [0, 0.05) is 5.92 Å². The highest BCUT2D eigenvalue weighted by Crippen LogP contribution is 2.54. The third-order valence-electron chi connectivity index (χ3n) is 5.94. The number of nitrogens with zero attached hydrogens (tertiary/aromatic N) is 3. The smallest absolute Gasteiger partial charge is 0.223 e. The van der Waals surface area contributed by atoms with Crippen LogP contribution in [0.1, 0.15) is 70.5 Å². The molecule has 3 fully saturated rings. The highest BCUT2D eigenvalue weighted by Gasteiger charge is 2.51. The number of carbonyl (C=O) groups excluding carboxylic acids is 1. The lowest BCUT2D eigenvalue weighted by Crippen LogP contribution is -2.44. The fourth-order valence-electron chi connectivity index (χ4n) is 4.17. The lowest BCUT2D eigenvalue weighted by Gasteiger charge is -2.32. The summed E-state index contributed by atoms with van der Waals surface area (Å²) in [5.41, 5.74) is -0.411. The van der Waals surface area contributed by atoms with E-state index in [1.807, 2.05) is 10.9 Å². The van der Waals surface area contributed by atoms with E-state index in [0.29, 0.717) is 11.6 Å². The molecule has 0 bridgehead atoms. The van der Waals surface area contributed by atoms with E-state index in [2.05, 4.69) is 15.6 Å². The minimum absolute atomic E-state index is 0.128. The van der Waals surface area contributed by atoms with Gasteiger partial charge in [-0.05, 0) is 57.8 Å². The summed E-state index contributed by atoms with van der Waals surface area (Å²) in [6, 6.07) is 0.271. The molecular formula is C18H28N4O2. The lowest BCUT2D eigenvalue weighted by atomic mass is 9.90. The Hall–Kier alpha value is -1.43. The fourth-order valence-corrected chi connectivity index (χ4v) is 4.17. The average Bonchev–Trinajstić information content (AvgIpc) is 3.42. The molecule has 4 rings (SSSR count). The summed E-state index contributed by atoms with van der Waals surface area (Å²) in [5, 5.41) is 21.7. The van der Waals surface area contributed by atoms with E-state index in [1.165, 1.54) is 12.8 Å². The van der Waals surface area contributed by atoms with Crippen LogP contribution in [0.5, 0.6) is 0 Å². The minimum atomic E-state index is -0.989. The van der Waals surface area contributed by atoms with Gasteiger partial charge in [0.1, 0.15) is 11.3 Å². The fraction of sp³-hybridized carbons (Fsp3) is 0.833. The highest BCUT2D eigenvalue weighted by molar-refractivity contribution is 5.82. The van der Waals surface area contributed by atoms with Crippen molar-refractivity contribution < 1.29 is 9.90 Å². The summed E-state index contributed by atoms with van der Waals surface area (Å²) in [5.74, 6) is 1.97. The zero-order valence-corrected chi connectivity index (χ0v) is 14.6. The molecule has 6 heteroatoms. The second-order valence-electron chi connectivity index (χ2n) is 8.45. The molecule has 4 atom stereocenters. The average molecular weight is 332 g/mol. The molecule has 0 aliphatic heterocycles. The van der Waals surface area contributed by atoms with Gasteiger partial charge in [-0.2, -0.15) is 0 Å². The number of aliphatic hydroxyl groups is 1. The Kier molecular flexibility index (Phi) is 3.90. The standard InChI is InChI=1S/C18H28N4O2/c1-18(2,24)16-10-22(21-20-16)15-6-4-3-5-14(15)19-17(23)13-9-12(13)11-7-8-11/h10-15,24H,3-9H2,1-2H3,(H,19,23)/t12-,13-,14+,15-/m1/s1. The maximum absolute atomic E-state index is 12.6. The predicted molar refractivity (Wildman–Crippen MR) is 89.0 cm³/mol. The normalized spacial score (nSPS) is 33.3. The number of carbonyl (C=O) groups is 1. The Morgan fingerprint density at radius 1 is 1.29 bits per heavy atom. The van der Waals surface area contributed by atoms with Gasteiger partial charge >= 0.3 is 0 Å². The van der Waals surface area contributed by atoms with Crippen molar-refractivity contribution in [3.8, 4) is 0 Å². The molecule has 0 saturated heterocycles. The number of nitrogens with one attached hydrogen (secondary N) is 1. The largest absolute Gasteiger partial charge is 0.384 e. The van der Waals surface area contributed by atoms with Crippen LogP contribution in [0, 0.1) is 17.8 Å². The monoisotopic (exact) mass is 332 g/mol. The second kappa shape index (κ2) is 5.83. The van der Waals surface area contributed by atoms with E-state index in [-0.39, 0.29) is 23.9 Å². The molecule has 1 aromatic rings. The van der Waals surface area contributed by atoms with E-state index >= 15 is 0 Å². The van der Waals surface area contributed by atoms with E-state index in [0.717, 1.165) is 38.0 Å². The third kappa shape index (κ3) is 3.21. The summed E-state index contributed by atoms with van der Waals surface area (Å²) in [6.45, 7) is 3.43. The first-order chi connectivity index (χ1) is 11.4. The number of hydrogen-bond acceptors (Lipinski definition) is 4. The maximum Gasteiger partial charge on any atom is 0.223 e. The molecule has 0 radical (unpaired) electrons. The number of rotatable bonds is 5. The van der Waals surface area contributed by atoms with Crippen molar-refractivity contribution in [3.05, 3.63) is 11.9 Å². The first kappa shape index (κ1) is 16.1. The first-order valence-electron chi connectivity index (χ1n) is 9.38. The van der Waals surface area contributed by atoms with Crippen LogP contribution in [-0.2, 0) is 10.4 Å². The Balaban J connectivity index is 1.43. The molecule has 132 valence electrons. The molecule has 1 amide bonds. The van der Waals surface area contributed by atoms with Crippen LogP contribution in [0.15, 0.2) is 6.20 Å². The molecule has 3 aliphatic rings. The molecule has 6 nitrogen and oxygen atoms in total. The van der Waals surface area contributed by atoms with Gasteiger partial charge in [-0.25, -0.2) is 4.68 Å². The molecule has 24 heavy (non-hydrogen) atoms. The van der Waals surface area contributed by atoms with Crippen LogP contribution >= 0.6 is 0 Å². The topological polar surface area (TPSA) is 80.0 Å². The Labute approximate surface area is 143 Å². The van der Waals surface area contributed by atoms with Gasteiger partial charge in [-0.1, -0.05) is 18.1 Å². The van der Waals surface area contributed by atoms with Crippen molar-refractivity contribution in [2.45, 2.75) is 76.5 Å². The summed E-state index contributed by atoms with van der Waals surface area (Å²) in [6.07, 6.45) is 9.83. The maximum atomic E-state index is 12.6. The van der Waals surface area contributed by atoms with Crippen molar-refractivity contribution in [3.63, 3.8) is 0 Å². The zero-order chi connectivity index (χ0) is 16.9. The van der Waals surface area contributed by atoms with Crippen LogP contribution in [0.4, 0.5) is 0 Å². The molecule has 0 aromatic carbocycles. The van der Waals surface area contributed by atoms with E-state index in [9.17, 15) is 9.90 Å². The van der Waals surface area contributed by atoms with E-state index < -0.39 is 5.60 Å². The molecule has 0 unspecified atom stereocenters. The van der Waals surface area contributed by atoms with Crippen LogP contribution < -0.4 is 5.32 Å². The lowest BCUT2D eigenvalue weighted by molar-refractivity contribution is -0.124. The van der Waals surface area contributed by atoms with Crippen molar-refractivity contribution in [1.82, 2.24) is 20.3 Å². The van der Waals surface area contributed by atoms with Crippen molar-refractivity contribution >= 4 is 5.91 Å². The second-order valence-corrected chi connectivity index (χ2v) is 8.45. The van der Waals surface area contributed by atoms with Gasteiger partial charge in [-0.15, -0.1) is 5.10 Å². The summed E-state index contributed by atoms with van der Waals surface area (Å²) in [7, 11) is 0.